The van der Waals surface area contributed by atoms with Crippen molar-refractivity contribution in [2.45, 2.75) is 46.3 Å². The molecule has 0 bridgehead atoms. The van der Waals surface area contributed by atoms with Gasteiger partial charge in [0.05, 0.1) is 6.04 Å². The zero-order chi connectivity index (χ0) is 24.9. The second-order valence-corrected chi connectivity index (χ2v) is 9.68. The second kappa shape index (κ2) is 10.9. The number of rotatable bonds is 6. The first-order valence-electron chi connectivity index (χ1n) is 12.1. The largest absolute Gasteiger partial charge is 0.444 e. The normalized spacial score (nSPS) is 15.6. The Morgan fingerprint density at radius 2 is 1.59 bits per heavy atom. The zero-order valence-electron chi connectivity index (χ0n) is 21.1. The molecule has 1 aliphatic heterocycles. The first-order chi connectivity index (χ1) is 16.1. The van der Waals surface area contributed by atoms with Gasteiger partial charge in [0.25, 0.3) is 5.91 Å². The minimum absolute atomic E-state index is 0.0260. The van der Waals surface area contributed by atoms with Crippen molar-refractivity contribution in [3.8, 4) is 0 Å². The van der Waals surface area contributed by atoms with Gasteiger partial charge in [0.15, 0.2) is 0 Å². The molecule has 1 fully saturated rings. The molecule has 7 heteroatoms. The lowest BCUT2D eigenvalue weighted by Crippen LogP contribution is -2.51. The van der Waals surface area contributed by atoms with Crippen molar-refractivity contribution in [2.24, 2.45) is 0 Å². The maximum atomic E-state index is 12.8. The Morgan fingerprint density at radius 3 is 2.12 bits per heavy atom. The Bertz CT molecular complexity index is 972. The predicted molar refractivity (Wildman–Crippen MR) is 136 cm³/mol. The molecule has 0 aliphatic carbocycles. The van der Waals surface area contributed by atoms with Gasteiger partial charge in [-0.2, -0.15) is 0 Å². The molecule has 0 spiro atoms. The summed E-state index contributed by atoms with van der Waals surface area (Å²) in [5.74, 6) is 0.0445. The summed E-state index contributed by atoms with van der Waals surface area (Å²) in [6, 6.07) is 15.8. The van der Waals surface area contributed by atoms with Gasteiger partial charge in [-0.25, -0.2) is 4.79 Å². The highest BCUT2D eigenvalue weighted by Crippen LogP contribution is 2.31. The average Bonchev–Trinajstić information content (AvgIpc) is 2.80. The van der Waals surface area contributed by atoms with Gasteiger partial charge in [0.2, 0.25) is 0 Å². The van der Waals surface area contributed by atoms with E-state index in [4.69, 9.17) is 10.5 Å². The van der Waals surface area contributed by atoms with Crippen molar-refractivity contribution in [1.29, 1.82) is 0 Å². The van der Waals surface area contributed by atoms with Crippen LogP contribution < -0.4 is 5.73 Å². The van der Waals surface area contributed by atoms with Crippen molar-refractivity contribution in [2.75, 3.05) is 45.0 Å². The monoisotopic (exact) mass is 466 g/mol. The van der Waals surface area contributed by atoms with Gasteiger partial charge in [-0.3, -0.25) is 9.69 Å². The molecule has 0 saturated carbocycles. The minimum atomic E-state index is -0.511. The van der Waals surface area contributed by atoms with Crippen molar-refractivity contribution in [3.05, 3.63) is 65.2 Å². The number of ether oxygens (including phenoxy) is 1. The van der Waals surface area contributed by atoms with Crippen molar-refractivity contribution >= 4 is 17.7 Å². The highest BCUT2D eigenvalue weighted by Gasteiger charge is 2.30. The molecule has 2 N–H and O–H groups in total. The molecule has 3 rings (SSSR count). The Morgan fingerprint density at radius 1 is 0.971 bits per heavy atom. The van der Waals surface area contributed by atoms with E-state index in [9.17, 15) is 9.59 Å². The van der Waals surface area contributed by atoms with Gasteiger partial charge in [-0.1, -0.05) is 24.3 Å². The number of nitrogens with zero attached hydrogens (tertiary/aromatic N) is 3. The van der Waals surface area contributed by atoms with Crippen LogP contribution in [0.3, 0.4) is 0 Å². The fourth-order valence-corrected chi connectivity index (χ4v) is 4.33. The zero-order valence-corrected chi connectivity index (χ0v) is 21.1. The van der Waals surface area contributed by atoms with E-state index in [1.165, 1.54) is 0 Å². The van der Waals surface area contributed by atoms with Gasteiger partial charge in [-0.05, 0) is 70.0 Å². The Hall–Kier alpha value is -3.06. The number of anilines is 1. The van der Waals surface area contributed by atoms with E-state index in [1.807, 2.05) is 82.0 Å². The van der Waals surface area contributed by atoms with Crippen LogP contribution in [0, 0.1) is 0 Å². The van der Waals surface area contributed by atoms with Crippen LogP contribution in [0.1, 0.15) is 62.1 Å². The quantitative estimate of drug-likeness (QED) is 0.639. The standard InChI is InChI=1S/C27H38N4O3/c1-6-29(7-2)25(32)21-13-11-20(12-14-21)24(22-9-8-10-23(28)19-22)30-15-17-31(18-16-30)26(33)34-27(3,4)5/h8-14,19,24H,6-7,15-18,28H2,1-5H3. The van der Waals surface area contributed by atoms with E-state index in [2.05, 4.69) is 11.0 Å². The molecule has 1 heterocycles. The number of benzene rings is 2. The van der Waals surface area contributed by atoms with Gasteiger partial charge in [0, 0.05) is 50.5 Å². The van der Waals surface area contributed by atoms with Crippen molar-refractivity contribution in [1.82, 2.24) is 14.7 Å². The molecule has 1 atom stereocenters. The van der Waals surface area contributed by atoms with E-state index in [-0.39, 0.29) is 18.0 Å². The summed E-state index contributed by atoms with van der Waals surface area (Å²) in [5.41, 5.74) is 9.18. The first kappa shape index (κ1) is 25.6. The van der Waals surface area contributed by atoms with E-state index >= 15 is 0 Å². The fourth-order valence-electron chi connectivity index (χ4n) is 4.33. The van der Waals surface area contributed by atoms with Gasteiger partial charge < -0.3 is 20.3 Å². The Balaban J connectivity index is 1.82. The molecule has 184 valence electrons. The van der Waals surface area contributed by atoms with Gasteiger partial charge in [0.1, 0.15) is 5.60 Å². The van der Waals surface area contributed by atoms with Gasteiger partial charge in [-0.15, -0.1) is 0 Å². The molecular weight excluding hydrogens is 428 g/mol. The lowest BCUT2D eigenvalue weighted by molar-refractivity contribution is 0.0119. The average molecular weight is 467 g/mol. The molecule has 0 aromatic heterocycles. The van der Waals surface area contributed by atoms with E-state index in [1.54, 1.807) is 4.90 Å². The third-order valence-corrected chi connectivity index (χ3v) is 6.08. The molecule has 0 radical (unpaired) electrons. The van der Waals surface area contributed by atoms with Crippen LogP contribution in [-0.4, -0.2) is 71.6 Å². The van der Waals surface area contributed by atoms with Crippen LogP contribution in [0.25, 0.3) is 0 Å². The summed E-state index contributed by atoms with van der Waals surface area (Å²) < 4.78 is 5.55. The number of piperazine rings is 1. The summed E-state index contributed by atoms with van der Waals surface area (Å²) in [6.07, 6.45) is -0.271. The first-order valence-corrected chi connectivity index (χ1v) is 12.1. The molecule has 34 heavy (non-hydrogen) atoms. The Kier molecular flexibility index (Phi) is 8.20. The summed E-state index contributed by atoms with van der Waals surface area (Å²) in [7, 11) is 0. The van der Waals surface area contributed by atoms with Crippen LogP contribution in [0.2, 0.25) is 0 Å². The maximum absolute atomic E-state index is 12.8. The number of nitrogens with two attached hydrogens (primary N) is 1. The second-order valence-electron chi connectivity index (χ2n) is 9.68. The minimum Gasteiger partial charge on any atom is -0.444 e. The lowest BCUT2D eigenvalue weighted by atomic mass is 9.95. The van der Waals surface area contributed by atoms with E-state index in [0.717, 1.165) is 11.1 Å². The molecular formula is C27H38N4O3. The van der Waals surface area contributed by atoms with Crippen LogP contribution in [0.4, 0.5) is 10.5 Å². The highest BCUT2D eigenvalue weighted by atomic mass is 16.6. The topological polar surface area (TPSA) is 79.1 Å². The molecule has 1 unspecified atom stereocenters. The lowest BCUT2D eigenvalue weighted by Gasteiger charge is -2.40. The summed E-state index contributed by atoms with van der Waals surface area (Å²) in [5, 5.41) is 0. The molecule has 7 nitrogen and oxygen atoms in total. The summed E-state index contributed by atoms with van der Waals surface area (Å²) in [6.45, 7) is 13.6. The predicted octanol–water partition coefficient (Wildman–Crippen LogP) is 4.39. The molecule has 1 aliphatic rings. The number of carbonyl (C=O) groups is 2. The van der Waals surface area contributed by atoms with E-state index < -0.39 is 5.60 Å². The third kappa shape index (κ3) is 6.29. The van der Waals surface area contributed by atoms with Crippen LogP contribution in [0.15, 0.2) is 48.5 Å². The number of hydrogen-bond donors (Lipinski definition) is 1. The molecule has 2 amide bonds. The van der Waals surface area contributed by atoms with Crippen LogP contribution >= 0.6 is 0 Å². The number of hydrogen-bond acceptors (Lipinski definition) is 5. The fraction of sp³-hybridized carbons (Fsp3) is 0.481. The molecule has 1 saturated heterocycles. The Labute approximate surface area is 203 Å². The molecule has 2 aromatic carbocycles. The summed E-state index contributed by atoms with van der Waals surface area (Å²) in [4.78, 5) is 31.2. The van der Waals surface area contributed by atoms with Gasteiger partial charge >= 0.3 is 6.09 Å². The molecule has 2 aromatic rings. The summed E-state index contributed by atoms with van der Waals surface area (Å²) >= 11 is 0. The number of amides is 2. The smallest absolute Gasteiger partial charge is 0.410 e. The van der Waals surface area contributed by atoms with Crippen LogP contribution in [-0.2, 0) is 4.74 Å². The number of nitrogen functional groups attached to an aromatic ring is 1. The number of carbonyl (C=O) groups excluding carboxylic acids is 2. The maximum Gasteiger partial charge on any atom is 0.410 e. The third-order valence-electron chi connectivity index (χ3n) is 6.08. The van der Waals surface area contributed by atoms with Crippen LogP contribution in [0.5, 0.6) is 0 Å². The van der Waals surface area contributed by atoms with Crippen molar-refractivity contribution in [3.63, 3.8) is 0 Å². The van der Waals surface area contributed by atoms with Crippen molar-refractivity contribution < 1.29 is 14.3 Å². The highest BCUT2D eigenvalue weighted by molar-refractivity contribution is 5.94. The van der Waals surface area contributed by atoms with E-state index in [0.29, 0.717) is 50.5 Å². The SMILES string of the molecule is CCN(CC)C(=O)c1ccc(C(c2cccc(N)c2)N2CCN(C(=O)OC(C)(C)C)CC2)cc1.